The van der Waals surface area contributed by atoms with E-state index in [0.717, 1.165) is 31.4 Å². The summed E-state index contributed by atoms with van der Waals surface area (Å²) in [6.07, 6.45) is 4.01. The first-order chi connectivity index (χ1) is 9.06. The molecule has 0 aliphatic heterocycles. The van der Waals surface area contributed by atoms with Crippen LogP contribution in [-0.2, 0) is 0 Å². The molecule has 0 aromatic heterocycles. The standard InChI is InChI=1S/C12H18O3.C4H8/c13-9-3-1-2-4-10-15-12-7-5-11(14)6-8-12;1-4(2)3/h5-8,13-14H,1-4,9-10H2;1H2,2-3H3. The Morgan fingerprint density at radius 2 is 1.58 bits per heavy atom. The first kappa shape index (κ1) is 17.5. The fourth-order valence-electron chi connectivity index (χ4n) is 1.30. The second kappa shape index (κ2) is 11.6. The van der Waals surface area contributed by atoms with E-state index >= 15 is 0 Å². The van der Waals surface area contributed by atoms with Crippen LogP contribution in [0.1, 0.15) is 39.5 Å². The molecule has 108 valence electrons. The zero-order valence-electron chi connectivity index (χ0n) is 12.1. The summed E-state index contributed by atoms with van der Waals surface area (Å²) in [5.41, 5.74) is 1.17. The smallest absolute Gasteiger partial charge is 0.119 e. The number of allylic oxidation sites excluding steroid dienone is 1. The Balaban J connectivity index is 0.000000711. The van der Waals surface area contributed by atoms with E-state index < -0.39 is 0 Å². The second-order valence-corrected chi connectivity index (χ2v) is 4.69. The van der Waals surface area contributed by atoms with Gasteiger partial charge in [0.2, 0.25) is 0 Å². The first-order valence-electron chi connectivity index (χ1n) is 6.71. The predicted octanol–water partition coefficient (Wildman–Crippen LogP) is 3.91. The molecule has 0 saturated heterocycles. The van der Waals surface area contributed by atoms with Crippen molar-refractivity contribution in [1.82, 2.24) is 0 Å². The average Bonchev–Trinajstić information content (AvgIpc) is 2.35. The monoisotopic (exact) mass is 266 g/mol. The fraction of sp³-hybridized carbons (Fsp3) is 0.500. The molecule has 0 saturated carbocycles. The summed E-state index contributed by atoms with van der Waals surface area (Å²) in [5.74, 6) is 1.04. The number of rotatable bonds is 7. The van der Waals surface area contributed by atoms with E-state index in [1.807, 2.05) is 13.8 Å². The largest absolute Gasteiger partial charge is 0.508 e. The highest BCUT2D eigenvalue weighted by atomic mass is 16.5. The molecular formula is C16H26O3. The number of aliphatic hydroxyl groups excluding tert-OH is 1. The molecule has 0 unspecified atom stereocenters. The molecule has 0 spiro atoms. The fourth-order valence-corrected chi connectivity index (χ4v) is 1.30. The molecule has 0 radical (unpaired) electrons. The van der Waals surface area contributed by atoms with Crippen LogP contribution in [0.5, 0.6) is 11.5 Å². The van der Waals surface area contributed by atoms with Gasteiger partial charge in [-0.15, -0.1) is 6.58 Å². The summed E-state index contributed by atoms with van der Waals surface area (Å²) in [4.78, 5) is 0. The molecule has 0 heterocycles. The number of phenolic OH excluding ortho intramolecular Hbond substituents is 1. The van der Waals surface area contributed by atoms with E-state index in [1.165, 1.54) is 5.57 Å². The van der Waals surface area contributed by atoms with Crippen molar-refractivity contribution in [3.05, 3.63) is 36.4 Å². The van der Waals surface area contributed by atoms with Crippen molar-refractivity contribution in [2.45, 2.75) is 39.5 Å². The summed E-state index contributed by atoms with van der Waals surface area (Å²) in [6.45, 7) is 8.47. The summed E-state index contributed by atoms with van der Waals surface area (Å²) in [5, 5.41) is 17.6. The highest BCUT2D eigenvalue weighted by Crippen LogP contribution is 2.16. The van der Waals surface area contributed by atoms with Gasteiger partial charge in [-0.25, -0.2) is 0 Å². The zero-order valence-corrected chi connectivity index (χ0v) is 12.1. The van der Waals surface area contributed by atoms with Crippen molar-refractivity contribution in [2.75, 3.05) is 13.2 Å². The minimum absolute atomic E-state index is 0.255. The van der Waals surface area contributed by atoms with Gasteiger partial charge in [-0.1, -0.05) is 12.0 Å². The van der Waals surface area contributed by atoms with Crippen LogP contribution >= 0.6 is 0 Å². The maximum absolute atomic E-state index is 9.05. The van der Waals surface area contributed by atoms with Gasteiger partial charge >= 0.3 is 0 Å². The third kappa shape index (κ3) is 12.8. The Morgan fingerprint density at radius 1 is 1.05 bits per heavy atom. The maximum atomic E-state index is 9.05. The van der Waals surface area contributed by atoms with Crippen LogP contribution in [0, 0.1) is 0 Å². The molecular weight excluding hydrogens is 240 g/mol. The summed E-state index contributed by atoms with van der Waals surface area (Å²) in [6, 6.07) is 6.73. The van der Waals surface area contributed by atoms with Gasteiger partial charge in [0, 0.05) is 6.61 Å². The summed E-state index contributed by atoms with van der Waals surface area (Å²) in [7, 11) is 0. The van der Waals surface area contributed by atoms with Crippen LogP contribution in [-0.4, -0.2) is 23.4 Å². The normalized spacial score (nSPS) is 9.42. The molecule has 0 bridgehead atoms. The highest BCUT2D eigenvalue weighted by molar-refractivity contribution is 5.29. The number of ether oxygens (including phenoxy) is 1. The summed E-state index contributed by atoms with van der Waals surface area (Å²) < 4.78 is 5.47. The van der Waals surface area contributed by atoms with Crippen LogP contribution in [0.25, 0.3) is 0 Å². The molecule has 0 aliphatic carbocycles. The molecule has 3 nitrogen and oxygen atoms in total. The van der Waals surface area contributed by atoms with Crippen LogP contribution in [0.4, 0.5) is 0 Å². The molecule has 3 heteroatoms. The summed E-state index contributed by atoms with van der Waals surface area (Å²) >= 11 is 0. The number of aromatic hydroxyl groups is 1. The van der Waals surface area contributed by atoms with Gasteiger partial charge in [0.25, 0.3) is 0 Å². The van der Waals surface area contributed by atoms with Gasteiger partial charge in [0.15, 0.2) is 0 Å². The van der Waals surface area contributed by atoms with Gasteiger partial charge in [0.05, 0.1) is 6.61 Å². The lowest BCUT2D eigenvalue weighted by molar-refractivity contribution is 0.273. The molecule has 0 atom stereocenters. The van der Waals surface area contributed by atoms with Crippen molar-refractivity contribution in [3.8, 4) is 11.5 Å². The van der Waals surface area contributed by atoms with Gasteiger partial charge in [-0.2, -0.15) is 0 Å². The quantitative estimate of drug-likeness (QED) is 0.581. The Labute approximate surface area is 116 Å². The maximum Gasteiger partial charge on any atom is 0.119 e. The van der Waals surface area contributed by atoms with E-state index in [-0.39, 0.29) is 12.4 Å². The van der Waals surface area contributed by atoms with Crippen LogP contribution < -0.4 is 4.74 Å². The Morgan fingerprint density at radius 3 is 2.11 bits per heavy atom. The highest BCUT2D eigenvalue weighted by Gasteiger charge is 1.94. The first-order valence-corrected chi connectivity index (χ1v) is 6.71. The number of hydrogen-bond donors (Lipinski definition) is 2. The Kier molecular flexibility index (Phi) is 10.7. The van der Waals surface area contributed by atoms with Gasteiger partial charge in [0.1, 0.15) is 11.5 Å². The SMILES string of the molecule is C=C(C)C.OCCCCCCOc1ccc(O)cc1. The molecule has 1 rings (SSSR count). The molecule has 0 amide bonds. The van der Waals surface area contributed by atoms with Crippen molar-refractivity contribution in [3.63, 3.8) is 0 Å². The van der Waals surface area contributed by atoms with Crippen molar-refractivity contribution in [1.29, 1.82) is 0 Å². The molecule has 1 aromatic rings. The van der Waals surface area contributed by atoms with Crippen LogP contribution in [0.15, 0.2) is 36.4 Å². The minimum Gasteiger partial charge on any atom is -0.508 e. The van der Waals surface area contributed by atoms with E-state index in [4.69, 9.17) is 14.9 Å². The topological polar surface area (TPSA) is 49.7 Å². The van der Waals surface area contributed by atoms with Gasteiger partial charge < -0.3 is 14.9 Å². The lowest BCUT2D eigenvalue weighted by Gasteiger charge is -2.05. The number of unbranched alkanes of at least 4 members (excludes halogenated alkanes) is 3. The molecule has 19 heavy (non-hydrogen) atoms. The molecule has 2 N–H and O–H groups in total. The average molecular weight is 266 g/mol. The second-order valence-electron chi connectivity index (χ2n) is 4.69. The van der Waals surface area contributed by atoms with Crippen molar-refractivity contribution >= 4 is 0 Å². The third-order valence-electron chi connectivity index (χ3n) is 2.16. The Hall–Kier alpha value is -1.48. The lowest BCUT2D eigenvalue weighted by atomic mass is 10.2. The van der Waals surface area contributed by atoms with E-state index in [9.17, 15) is 0 Å². The number of benzene rings is 1. The number of aliphatic hydroxyl groups is 1. The van der Waals surface area contributed by atoms with Crippen molar-refractivity contribution in [2.24, 2.45) is 0 Å². The van der Waals surface area contributed by atoms with Gasteiger partial charge in [-0.3, -0.25) is 0 Å². The third-order valence-corrected chi connectivity index (χ3v) is 2.16. The lowest BCUT2D eigenvalue weighted by Crippen LogP contribution is -1.97. The molecule has 0 fully saturated rings. The number of hydrogen-bond acceptors (Lipinski definition) is 3. The minimum atomic E-state index is 0.255. The van der Waals surface area contributed by atoms with Crippen molar-refractivity contribution < 1.29 is 14.9 Å². The van der Waals surface area contributed by atoms with Crippen LogP contribution in [0.2, 0.25) is 0 Å². The van der Waals surface area contributed by atoms with Gasteiger partial charge in [-0.05, 0) is 57.4 Å². The molecule has 1 aromatic carbocycles. The molecule has 0 aliphatic rings. The predicted molar refractivity (Wildman–Crippen MR) is 79.6 cm³/mol. The van der Waals surface area contributed by atoms with E-state index in [2.05, 4.69) is 6.58 Å². The van der Waals surface area contributed by atoms with Crippen LogP contribution in [0.3, 0.4) is 0 Å². The number of phenols is 1. The zero-order chi connectivity index (χ0) is 14.5. The Bertz CT molecular complexity index is 326. The van der Waals surface area contributed by atoms with E-state index in [1.54, 1.807) is 24.3 Å². The van der Waals surface area contributed by atoms with E-state index in [0.29, 0.717) is 6.61 Å².